The molecule has 0 radical (unpaired) electrons. The molecule has 1 heterocycles. The fourth-order valence-electron chi connectivity index (χ4n) is 5.60. The zero-order valence-corrected chi connectivity index (χ0v) is 22.4. The molecule has 34 heavy (non-hydrogen) atoms. The first-order valence-electron chi connectivity index (χ1n) is 13.0. The van der Waals surface area contributed by atoms with Crippen molar-refractivity contribution in [2.45, 2.75) is 102 Å². The van der Waals surface area contributed by atoms with E-state index in [-0.39, 0.29) is 16.4 Å². The van der Waals surface area contributed by atoms with Gasteiger partial charge in [-0.25, -0.2) is 13.6 Å². The van der Waals surface area contributed by atoms with E-state index in [0.717, 1.165) is 47.2 Å². The first-order chi connectivity index (χ1) is 16.0. The van der Waals surface area contributed by atoms with E-state index in [1.165, 1.54) is 44.9 Å². The second-order valence-electron chi connectivity index (χ2n) is 11.6. The van der Waals surface area contributed by atoms with E-state index in [9.17, 15) is 8.42 Å². The average molecular weight is 487 g/mol. The highest BCUT2D eigenvalue weighted by atomic mass is 32.2. The minimum Gasteiger partial charge on any atom is -0.493 e. The molecule has 5 nitrogen and oxygen atoms in total. The highest BCUT2D eigenvalue weighted by Gasteiger charge is 2.29. The van der Waals surface area contributed by atoms with Gasteiger partial charge >= 0.3 is 0 Å². The number of aromatic nitrogens is 1. The molecule has 2 N–H and O–H groups in total. The quantitative estimate of drug-likeness (QED) is 0.449. The van der Waals surface area contributed by atoms with Gasteiger partial charge in [0.1, 0.15) is 10.6 Å². The lowest BCUT2D eigenvalue weighted by Gasteiger charge is -2.31. The summed E-state index contributed by atoms with van der Waals surface area (Å²) in [5.41, 5.74) is 3.72. The lowest BCUT2D eigenvalue weighted by Crippen LogP contribution is -2.22. The van der Waals surface area contributed by atoms with Crippen LogP contribution in [0.1, 0.15) is 96.4 Å². The third-order valence-electron chi connectivity index (χ3n) is 7.86. The maximum atomic E-state index is 12.5. The molecule has 2 aromatic rings. The second kappa shape index (κ2) is 9.69. The van der Waals surface area contributed by atoms with Crippen LogP contribution in [0, 0.1) is 18.8 Å². The van der Waals surface area contributed by atoms with Crippen molar-refractivity contribution < 1.29 is 13.2 Å². The fraction of sp³-hybridized carbons (Fsp3) is 0.643. The lowest BCUT2D eigenvalue weighted by atomic mass is 9.83. The molecular weight excluding hydrogens is 444 g/mol. The number of benzene rings is 1. The molecule has 2 aliphatic carbocycles. The largest absolute Gasteiger partial charge is 0.493 e. The van der Waals surface area contributed by atoms with E-state index >= 15 is 0 Å². The lowest BCUT2D eigenvalue weighted by molar-refractivity contribution is 0.263. The predicted molar refractivity (Wildman–Crippen MR) is 139 cm³/mol. The number of rotatable bonds is 8. The minimum absolute atomic E-state index is 0.102. The number of nitrogens with zero attached hydrogens (tertiary/aromatic N) is 1. The molecular formula is C28H42N2O3S. The Hall–Kier alpha value is -1.79. The first-order valence-corrected chi connectivity index (χ1v) is 14.5. The van der Waals surface area contributed by atoms with Gasteiger partial charge in [-0.2, -0.15) is 0 Å². The number of hydrogen-bond acceptors (Lipinski definition) is 3. The summed E-state index contributed by atoms with van der Waals surface area (Å²) in [5.74, 6) is 2.30. The summed E-state index contributed by atoms with van der Waals surface area (Å²) in [6.07, 6.45) is 9.92. The van der Waals surface area contributed by atoms with E-state index in [0.29, 0.717) is 5.92 Å². The van der Waals surface area contributed by atoms with Crippen LogP contribution < -0.4 is 9.88 Å². The Balaban J connectivity index is 1.77. The van der Waals surface area contributed by atoms with Gasteiger partial charge in [0.05, 0.1) is 6.61 Å². The van der Waals surface area contributed by atoms with Crippen LogP contribution in [-0.2, 0) is 15.4 Å². The van der Waals surface area contributed by atoms with E-state index in [1.807, 2.05) is 6.92 Å². The molecule has 0 spiro atoms. The van der Waals surface area contributed by atoms with Crippen LogP contribution in [0.25, 0.3) is 11.3 Å². The van der Waals surface area contributed by atoms with Crippen molar-refractivity contribution in [3.63, 3.8) is 0 Å². The molecule has 6 heteroatoms. The third-order valence-corrected chi connectivity index (χ3v) is 8.88. The highest BCUT2D eigenvalue weighted by molar-refractivity contribution is 7.89. The van der Waals surface area contributed by atoms with Gasteiger partial charge < -0.3 is 9.30 Å². The zero-order chi connectivity index (χ0) is 24.7. The van der Waals surface area contributed by atoms with Crippen molar-refractivity contribution in [3.05, 3.63) is 35.5 Å². The zero-order valence-electron chi connectivity index (χ0n) is 21.6. The smallest absolute Gasteiger partial charge is 0.239 e. The normalized spacial score (nSPS) is 18.8. The number of hydrogen-bond donors (Lipinski definition) is 1. The van der Waals surface area contributed by atoms with Gasteiger partial charge in [-0.05, 0) is 80.2 Å². The molecule has 0 amide bonds. The number of sulfonamides is 1. The van der Waals surface area contributed by atoms with Gasteiger partial charge in [-0.3, -0.25) is 0 Å². The third kappa shape index (κ3) is 5.54. The van der Waals surface area contributed by atoms with Crippen molar-refractivity contribution in [2.24, 2.45) is 17.0 Å². The molecule has 1 unspecified atom stereocenters. The van der Waals surface area contributed by atoms with Crippen molar-refractivity contribution in [1.29, 1.82) is 0 Å². The molecule has 0 bridgehead atoms. The Bertz CT molecular complexity index is 1120. The summed E-state index contributed by atoms with van der Waals surface area (Å²) in [5, 5.41) is 5.64. The summed E-state index contributed by atoms with van der Waals surface area (Å²) in [6, 6.07) is 8.32. The van der Waals surface area contributed by atoms with E-state index in [4.69, 9.17) is 9.88 Å². The molecule has 1 atom stereocenters. The summed E-state index contributed by atoms with van der Waals surface area (Å²) < 4.78 is 33.4. The first kappa shape index (κ1) is 25.3. The maximum Gasteiger partial charge on any atom is 0.239 e. The second-order valence-corrected chi connectivity index (χ2v) is 13.1. The molecule has 2 aliphatic rings. The fourth-order valence-corrected chi connectivity index (χ4v) is 6.39. The van der Waals surface area contributed by atoms with Gasteiger partial charge in [0.2, 0.25) is 10.0 Å². The summed E-state index contributed by atoms with van der Waals surface area (Å²) in [6.45, 7) is 11.5. The van der Waals surface area contributed by atoms with Crippen molar-refractivity contribution in [3.8, 4) is 17.0 Å². The van der Waals surface area contributed by atoms with Crippen LogP contribution in [0.2, 0.25) is 0 Å². The van der Waals surface area contributed by atoms with Crippen LogP contribution in [-0.4, -0.2) is 19.6 Å². The van der Waals surface area contributed by atoms with Gasteiger partial charge in [-0.1, -0.05) is 52.9 Å². The Morgan fingerprint density at radius 1 is 1.09 bits per heavy atom. The van der Waals surface area contributed by atoms with E-state index in [2.05, 4.69) is 50.5 Å². The van der Waals surface area contributed by atoms with Crippen LogP contribution in [0.5, 0.6) is 5.75 Å². The molecule has 2 fully saturated rings. The Morgan fingerprint density at radius 2 is 1.76 bits per heavy atom. The van der Waals surface area contributed by atoms with Gasteiger partial charge in [0.25, 0.3) is 0 Å². The molecule has 0 aliphatic heterocycles. The SMILES string of the molecule is Cc1c(S(N)(=O)=O)cc(-c2ccc(OCCC3CC3)c(C(C)(C)C)c2)n1C(C)C1CCCCC1. The summed E-state index contributed by atoms with van der Waals surface area (Å²) in [4.78, 5) is 0.229. The number of primary sulfonamides is 1. The van der Waals surface area contributed by atoms with Gasteiger partial charge in [0.15, 0.2) is 0 Å². The van der Waals surface area contributed by atoms with Crippen LogP contribution in [0.15, 0.2) is 29.2 Å². The molecule has 4 rings (SSSR count). The van der Waals surface area contributed by atoms with Crippen LogP contribution >= 0.6 is 0 Å². The monoisotopic (exact) mass is 486 g/mol. The predicted octanol–water partition coefficient (Wildman–Crippen LogP) is 6.73. The van der Waals surface area contributed by atoms with Crippen molar-refractivity contribution in [2.75, 3.05) is 6.61 Å². The van der Waals surface area contributed by atoms with E-state index < -0.39 is 10.0 Å². The van der Waals surface area contributed by atoms with Crippen molar-refractivity contribution >= 4 is 10.0 Å². The molecule has 2 saturated carbocycles. The maximum absolute atomic E-state index is 12.5. The minimum atomic E-state index is -3.81. The highest BCUT2D eigenvalue weighted by Crippen LogP contribution is 2.41. The Kier molecular flexibility index (Phi) is 7.21. The van der Waals surface area contributed by atoms with Crippen molar-refractivity contribution in [1.82, 2.24) is 4.57 Å². The molecule has 1 aromatic heterocycles. The molecule has 0 saturated heterocycles. The Labute approximate surface area is 206 Å². The summed E-state index contributed by atoms with van der Waals surface area (Å²) >= 11 is 0. The number of nitrogens with two attached hydrogens (primary N) is 1. The van der Waals surface area contributed by atoms with Gasteiger partial charge in [0, 0.05) is 23.0 Å². The molecule has 1 aromatic carbocycles. The number of ether oxygens (including phenoxy) is 1. The van der Waals surface area contributed by atoms with Crippen LogP contribution in [0.3, 0.4) is 0 Å². The van der Waals surface area contributed by atoms with Crippen LogP contribution in [0.4, 0.5) is 0 Å². The average Bonchev–Trinajstić information content (AvgIpc) is 3.53. The topological polar surface area (TPSA) is 74.3 Å². The van der Waals surface area contributed by atoms with Gasteiger partial charge in [-0.15, -0.1) is 0 Å². The summed E-state index contributed by atoms with van der Waals surface area (Å²) in [7, 11) is -3.81. The molecule has 188 valence electrons. The Morgan fingerprint density at radius 3 is 2.35 bits per heavy atom. The standard InChI is InChI=1S/C28H42N2O3S/c1-19(22-9-7-6-8-10-22)30-20(2)27(34(29,31)32)18-25(30)23-13-14-26(24(17-23)28(3,4)5)33-16-15-21-11-12-21/h13-14,17-19,21-22H,6-12,15-16H2,1-5H3,(H2,29,31,32). The van der Waals surface area contributed by atoms with E-state index in [1.54, 1.807) is 6.07 Å².